The number of para-hydroxylation sites is 1. The van der Waals surface area contributed by atoms with Gasteiger partial charge in [-0.1, -0.05) is 30.4 Å². The number of allylic oxidation sites excluding steroid dienone is 1. The van der Waals surface area contributed by atoms with Crippen molar-refractivity contribution in [3.63, 3.8) is 0 Å². The molecule has 1 aromatic rings. The van der Waals surface area contributed by atoms with Gasteiger partial charge in [0.25, 0.3) is 5.91 Å². The number of fused-ring (bicyclic) bond motifs is 1. The van der Waals surface area contributed by atoms with E-state index >= 15 is 0 Å². The van der Waals surface area contributed by atoms with Crippen molar-refractivity contribution in [2.75, 3.05) is 31.1 Å². The highest BCUT2D eigenvalue weighted by atomic mass is 16.6. The van der Waals surface area contributed by atoms with E-state index in [4.69, 9.17) is 9.47 Å². The van der Waals surface area contributed by atoms with E-state index in [1.807, 2.05) is 32.0 Å². The number of aliphatic hydroxyl groups excluding tert-OH is 1. The summed E-state index contributed by atoms with van der Waals surface area (Å²) >= 11 is 0. The van der Waals surface area contributed by atoms with Crippen molar-refractivity contribution in [1.82, 2.24) is 10.2 Å². The summed E-state index contributed by atoms with van der Waals surface area (Å²) in [5.41, 5.74) is 1.39. The van der Waals surface area contributed by atoms with E-state index in [1.165, 1.54) is 4.90 Å². The molecular formula is C32H43N3O7. The third kappa shape index (κ3) is 5.74. The van der Waals surface area contributed by atoms with E-state index in [1.54, 1.807) is 24.0 Å². The number of carbonyl (C=O) groups excluding carboxylic acids is 4. The van der Waals surface area contributed by atoms with E-state index in [2.05, 4.69) is 18.5 Å². The first-order valence-electron chi connectivity index (χ1n) is 14.8. The number of likely N-dealkylation sites (tertiary alicyclic amines) is 1. The molecule has 0 radical (unpaired) electrons. The smallest absolute Gasteiger partial charge is 0.312 e. The molecule has 3 aliphatic heterocycles. The Bertz CT molecular complexity index is 1210. The molecule has 0 unspecified atom stereocenters. The standard InChI is InChI=1S/C32H43N3O7/c1-6-8-13-24(37)33-19-22(5)41-31(40)25-23-14-15-32(42-23)26(25)29(38)35(17-10-18-36)28(32)30(39)34(16-7-2)27-20(3)11-9-12-21(27)4/h6-7,9,11-12,22-23,25-26,28,36H,1-2,8,10,13-19H2,3-5H3,(H,33,37)/t22-,23-,25+,26+,28-,32+/m1/s1. The molecule has 3 heterocycles. The number of rotatable bonds is 14. The highest BCUT2D eigenvalue weighted by Crippen LogP contribution is 2.59. The van der Waals surface area contributed by atoms with Crippen molar-refractivity contribution in [3.8, 4) is 0 Å². The number of hydrogen-bond acceptors (Lipinski definition) is 7. The highest BCUT2D eigenvalue weighted by Gasteiger charge is 2.75. The van der Waals surface area contributed by atoms with Crippen molar-refractivity contribution < 1.29 is 33.8 Å². The van der Waals surface area contributed by atoms with Gasteiger partial charge in [-0.15, -0.1) is 13.2 Å². The first-order valence-corrected chi connectivity index (χ1v) is 14.8. The third-order valence-corrected chi connectivity index (χ3v) is 8.63. The molecule has 42 heavy (non-hydrogen) atoms. The quantitative estimate of drug-likeness (QED) is 0.256. The Labute approximate surface area is 247 Å². The average Bonchev–Trinajstić information content (AvgIpc) is 3.60. The Kier molecular flexibility index (Phi) is 9.89. The molecule has 3 fully saturated rings. The van der Waals surface area contributed by atoms with Gasteiger partial charge in [-0.05, 0) is 57.6 Å². The molecule has 2 bridgehead atoms. The van der Waals surface area contributed by atoms with E-state index in [0.29, 0.717) is 25.7 Å². The van der Waals surface area contributed by atoms with Crippen LogP contribution >= 0.6 is 0 Å². The summed E-state index contributed by atoms with van der Waals surface area (Å²) in [4.78, 5) is 57.3. The zero-order valence-corrected chi connectivity index (χ0v) is 24.8. The number of anilines is 1. The molecule has 4 rings (SSSR count). The lowest BCUT2D eigenvalue weighted by Crippen LogP contribution is -2.56. The van der Waals surface area contributed by atoms with Gasteiger partial charge in [0, 0.05) is 31.8 Å². The van der Waals surface area contributed by atoms with Crippen LogP contribution in [0.3, 0.4) is 0 Å². The summed E-state index contributed by atoms with van der Waals surface area (Å²) < 4.78 is 12.2. The fourth-order valence-corrected chi connectivity index (χ4v) is 6.88. The first kappa shape index (κ1) is 31.4. The van der Waals surface area contributed by atoms with Gasteiger partial charge in [-0.3, -0.25) is 19.2 Å². The Balaban J connectivity index is 1.62. The lowest BCUT2D eigenvalue weighted by Gasteiger charge is -2.37. The summed E-state index contributed by atoms with van der Waals surface area (Å²) in [7, 11) is 0. The van der Waals surface area contributed by atoms with Gasteiger partial charge in [0.1, 0.15) is 17.7 Å². The topological polar surface area (TPSA) is 125 Å². The van der Waals surface area contributed by atoms with Crippen molar-refractivity contribution in [2.24, 2.45) is 11.8 Å². The van der Waals surface area contributed by atoms with Crippen LogP contribution in [-0.2, 0) is 28.7 Å². The van der Waals surface area contributed by atoms with Gasteiger partial charge in [-0.25, -0.2) is 0 Å². The molecule has 10 nitrogen and oxygen atoms in total. The maximum atomic E-state index is 14.5. The molecular weight excluding hydrogens is 538 g/mol. The Morgan fingerprint density at radius 2 is 1.98 bits per heavy atom. The third-order valence-electron chi connectivity index (χ3n) is 8.63. The van der Waals surface area contributed by atoms with Crippen LogP contribution in [0.25, 0.3) is 0 Å². The average molecular weight is 582 g/mol. The highest BCUT2D eigenvalue weighted by molar-refractivity contribution is 6.05. The summed E-state index contributed by atoms with van der Waals surface area (Å²) in [6.45, 7) is 13.4. The van der Waals surface area contributed by atoms with Crippen LogP contribution < -0.4 is 10.2 Å². The number of aryl methyl sites for hydroxylation is 2. The lowest BCUT2D eigenvalue weighted by atomic mass is 9.70. The molecule has 1 aromatic carbocycles. The van der Waals surface area contributed by atoms with Gasteiger partial charge in [-0.2, -0.15) is 0 Å². The second kappa shape index (κ2) is 13.2. The Hall–Kier alpha value is -3.50. The minimum atomic E-state index is -1.18. The molecule has 3 saturated heterocycles. The van der Waals surface area contributed by atoms with Gasteiger partial charge in [0.05, 0.1) is 24.5 Å². The van der Waals surface area contributed by atoms with Crippen molar-refractivity contribution in [1.29, 1.82) is 0 Å². The van der Waals surface area contributed by atoms with Gasteiger partial charge in [0.2, 0.25) is 11.8 Å². The number of amides is 3. The number of hydrogen-bond donors (Lipinski definition) is 2. The molecule has 3 amide bonds. The molecule has 0 aromatic heterocycles. The summed E-state index contributed by atoms with van der Waals surface area (Å²) in [5, 5.41) is 12.4. The fourth-order valence-electron chi connectivity index (χ4n) is 6.88. The molecule has 10 heteroatoms. The maximum absolute atomic E-state index is 14.5. The molecule has 6 atom stereocenters. The van der Waals surface area contributed by atoms with E-state index in [-0.39, 0.29) is 50.4 Å². The van der Waals surface area contributed by atoms with Gasteiger partial charge in [0.15, 0.2) is 0 Å². The Morgan fingerprint density at radius 1 is 1.26 bits per heavy atom. The van der Waals surface area contributed by atoms with Gasteiger partial charge < -0.3 is 29.7 Å². The van der Waals surface area contributed by atoms with Crippen LogP contribution in [0, 0.1) is 25.7 Å². The summed E-state index contributed by atoms with van der Waals surface area (Å²) in [6.07, 6.45) is 4.23. The van der Waals surface area contributed by atoms with Crippen LogP contribution in [0.4, 0.5) is 5.69 Å². The van der Waals surface area contributed by atoms with E-state index in [0.717, 1.165) is 16.8 Å². The van der Waals surface area contributed by atoms with Crippen LogP contribution in [0.2, 0.25) is 0 Å². The van der Waals surface area contributed by atoms with Gasteiger partial charge >= 0.3 is 5.97 Å². The van der Waals surface area contributed by atoms with E-state index < -0.39 is 41.7 Å². The number of aliphatic hydroxyl groups is 1. The predicted octanol–water partition coefficient (Wildman–Crippen LogP) is 2.59. The first-order chi connectivity index (χ1) is 20.1. The summed E-state index contributed by atoms with van der Waals surface area (Å²) in [6, 6.07) is 4.83. The summed E-state index contributed by atoms with van der Waals surface area (Å²) in [5.74, 6) is -3.12. The van der Waals surface area contributed by atoms with Crippen LogP contribution in [0.1, 0.15) is 50.2 Å². The lowest BCUT2D eigenvalue weighted by molar-refractivity contribution is -0.159. The normalized spacial score (nSPS) is 26.5. The SMILES string of the molecule is C=CCCC(=O)NC[C@@H](C)OC(=O)[C@@H]1[C@H]2C(=O)N(CCCO)[C@H](C(=O)N(CC=C)c3c(C)cccc3C)[C@]23CC[C@H]1O3. The number of carbonyl (C=O) groups is 4. The predicted molar refractivity (Wildman–Crippen MR) is 157 cm³/mol. The number of benzene rings is 1. The maximum Gasteiger partial charge on any atom is 0.312 e. The monoisotopic (exact) mass is 581 g/mol. The molecule has 2 N–H and O–H groups in total. The fraction of sp³-hybridized carbons (Fsp3) is 0.562. The zero-order valence-electron chi connectivity index (χ0n) is 24.8. The van der Waals surface area contributed by atoms with Crippen LogP contribution in [0.5, 0.6) is 0 Å². The van der Waals surface area contributed by atoms with Crippen LogP contribution in [-0.4, -0.2) is 83.8 Å². The van der Waals surface area contributed by atoms with Crippen molar-refractivity contribution in [3.05, 3.63) is 54.6 Å². The minimum absolute atomic E-state index is 0.139. The molecule has 1 spiro atoms. The molecule has 3 aliphatic rings. The zero-order chi connectivity index (χ0) is 30.6. The largest absolute Gasteiger partial charge is 0.460 e. The van der Waals surface area contributed by atoms with E-state index in [9.17, 15) is 24.3 Å². The Morgan fingerprint density at radius 3 is 2.62 bits per heavy atom. The van der Waals surface area contributed by atoms with Crippen molar-refractivity contribution in [2.45, 2.75) is 76.7 Å². The molecule has 228 valence electrons. The number of ether oxygens (including phenoxy) is 2. The van der Waals surface area contributed by atoms with Crippen LogP contribution in [0.15, 0.2) is 43.5 Å². The molecule has 0 saturated carbocycles. The second-order valence-electron chi connectivity index (χ2n) is 11.5. The second-order valence-corrected chi connectivity index (χ2v) is 11.5. The number of esters is 1. The van der Waals surface area contributed by atoms with Crippen molar-refractivity contribution >= 4 is 29.4 Å². The molecule has 0 aliphatic carbocycles. The minimum Gasteiger partial charge on any atom is -0.460 e. The number of nitrogens with zero attached hydrogens (tertiary/aromatic N) is 2. The number of nitrogens with one attached hydrogen (secondary N) is 1.